The van der Waals surface area contributed by atoms with Crippen LogP contribution in [0.5, 0.6) is 0 Å². The summed E-state index contributed by atoms with van der Waals surface area (Å²) in [5.74, 6) is 0. The minimum absolute atomic E-state index is 0.394. The van der Waals surface area contributed by atoms with Crippen LogP contribution in [-0.2, 0) is 4.74 Å². The van der Waals surface area contributed by atoms with Gasteiger partial charge in [0.25, 0.3) is 0 Å². The molecule has 2 aliphatic rings. The molecule has 1 saturated heterocycles. The first-order valence-corrected chi connectivity index (χ1v) is 8.87. The second-order valence-electron chi connectivity index (χ2n) is 6.63. The number of hydrogen-bond donors (Lipinski definition) is 1. The highest BCUT2D eigenvalue weighted by Crippen LogP contribution is 2.27. The SMILES string of the molecule is CCNC1CCCCCCC1N1CC(C)OCC1CC. The van der Waals surface area contributed by atoms with Gasteiger partial charge in [0.05, 0.1) is 12.7 Å². The van der Waals surface area contributed by atoms with Crippen LogP contribution in [0.25, 0.3) is 0 Å². The highest BCUT2D eigenvalue weighted by molar-refractivity contribution is 4.91. The Bertz CT molecular complexity index is 272. The van der Waals surface area contributed by atoms with Gasteiger partial charge in [-0.1, -0.05) is 39.5 Å². The predicted molar refractivity (Wildman–Crippen MR) is 85.2 cm³/mol. The minimum Gasteiger partial charge on any atom is -0.376 e. The van der Waals surface area contributed by atoms with E-state index in [4.69, 9.17) is 4.74 Å². The Labute approximate surface area is 125 Å². The summed E-state index contributed by atoms with van der Waals surface area (Å²) >= 11 is 0. The fourth-order valence-corrected chi connectivity index (χ4v) is 3.99. The number of ether oxygens (including phenoxy) is 1. The van der Waals surface area contributed by atoms with Crippen molar-refractivity contribution in [1.82, 2.24) is 10.2 Å². The molecule has 4 unspecified atom stereocenters. The molecule has 0 aromatic heterocycles. The quantitative estimate of drug-likeness (QED) is 0.857. The van der Waals surface area contributed by atoms with Crippen LogP contribution in [0.1, 0.15) is 65.7 Å². The van der Waals surface area contributed by atoms with E-state index >= 15 is 0 Å². The Kier molecular flexibility index (Phi) is 6.79. The molecule has 0 radical (unpaired) electrons. The van der Waals surface area contributed by atoms with Crippen molar-refractivity contribution in [3.8, 4) is 0 Å². The first-order chi connectivity index (χ1) is 9.76. The van der Waals surface area contributed by atoms with E-state index < -0.39 is 0 Å². The molecule has 1 aliphatic heterocycles. The molecule has 0 bridgehead atoms. The van der Waals surface area contributed by atoms with Crippen LogP contribution in [-0.4, -0.2) is 48.8 Å². The lowest BCUT2D eigenvalue weighted by Crippen LogP contribution is -2.59. The molecule has 2 fully saturated rings. The van der Waals surface area contributed by atoms with Crippen LogP contribution in [0.2, 0.25) is 0 Å². The molecule has 0 aromatic rings. The van der Waals surface area contributed by atoms with Crippen molar-refractivity contribution in [3.05, 3.63) is 0 Å². The fourth-order valence-electron chi connectivity index (χ4n) is 3.99. The van der Waals surface area contributed by atoms with E-state index in [1.807, 2.05) is 0 Å². The second-order valence-corrected chi connectivity index (χ2v) is 6.63. The van der Waals surface area contributed by atoms with Gasteiger partial charge in [-0.3, -0.25) is 4.90 Å². The number of likely N-dealkylation sites (N-methyl/N-ethyl adjacent to an activating group) is 1. The summed E-state index contributed by atoms with van der Waals surface area (Å²) in [4.78, 5) is 2.78. The predicted octanol–water partition coefficient (Wildman–Crippen LogP) is 3.19. The maximum Gasteiger partial charge on any atom is 0.0674 e. The average molecular weight is 282 g/mol. The van der Waals surface area contributed by atoms with Crippen LogP contribution >= 0.6 is 0 Å². The van der Waals surface area contributed by atoms with E-state index in [1.54, 1.807) is 0 Å². The molecule has 2 rings (SSSR count). The van der Waals surface area contributed by atoms with Crippen LogP contribution in [0, 0.1) is 0 Å². The lowest BCUT2D eigenvalue weighted by molar-refractivity contribution is -0.0804. The highest BCUT2D eigenvalue weighted by atomic mass is 16.5. The standard InChI is InChI=1S/C17H34N2O/c1-4-15-13-20-14(3)12-19(15)17-11-9-7-6-8-10-16(17)18-5-2/h14-18H,4-13H2,1-3H3. The first kappa shape index (κ1) is 16.3. The molecule has 1 saturated carbocycles. The van der Waals surface area contributed by atoms with Gasteiger partial charge in [0.15, 0.2) is 0 Å². The smallest absolute Gasteiger partial charge is 0.0674 e. The van der Waals surface area contributed by atoms with Crippen LogP contribution in [0.3, 0.4) is 0 Å². The van der Waals surface area contributed by atoms with Gasteiger partial charge in [-0.25, -0.2) is 0 Å². The monoisotopic (exact) mass is 282 g/mol. The number of nitrogens with zero attached hydrogens (tertiary/aromatic N) is 1. The molecule has 20 heavy (non-hydrogen) atoms. The topological polar surface area (TPSA) is 24.5 Å². The minimum atomic E-state index is 0.394. The third-order valence-electron chi connectivity index (χ3n) is 5.10. The van der Waals surface area contributed by atoms with E-state index in [1.165, 1.54) is 44.9 Å². The van der Waals surface area contributed by atoms with Crippen molar-refractivity contribution >= 4 is 0 Å². The summed E-state index contributed by atoms with van der Waals surface area (Å²) in [6, 6.07) is 2.02. The lowest BCUT2D eigenvalue weighted by atomic mass is 9.89. The number of hydrogen-bond acceptors (Lipinski definition) is 3. The molecule has 3 heteroatoms. The number of rotatable bonds is 4. The molecule has 0 spiro atoms. The zero-order chi connectivity index (χ0) is 14.4. The van der Waals surface area contributed by atoms with E-state index in [0.717, 1.165) is 19.7 Å². The molecular weight excluding hydrogens is 248 g/mol. The first-order valence-electron chi connectivity index (χ1n) is 8.87. The lowest BCUT2D eigenvalue weighted by Gasteiger charge is -2.46. The van der Waals surface area contributed by atoms with Crippen LogP contribution < -0.4 is 5.32 Å². The second kappa shape index (κ2) is 8.35. The van der Waals surface area contributed by atoms with Crippen LogP contribution in [0.15, 0.2) is 0 Å². The molecule has 1 aliphatic carbocycles. The van der Waals surface area contributed by atoms with E-state index in [0.29, 0.717) is 24.2 Å². The van der Waals surface area contributed by atoms with E-state index in [2.05, 4.69) is 31.0 Å². The molecule has 0 amide bonds. The average Bonchev–Trinajstić information content (AvgIpc) is 2.42. The maximum absolute atomic E-state index is 5.89. The molecular formula is C17H34N2O. The molecule has 4 atom stereocenters. The highest BCUT2D eigenvalue weighted by Gasteiger charge is 2.35. The zero-order valence-electron chi connectivity index (χ0n) is 13.7. The molecule has 0 aromatic carbocycles. The van der Waals surface area contributed by atoms with Gasteiger partial charge >= 0.3 is 0 Å². The van der Waals surface area contributed by atoms with Gasteiger partial charge in [0.2, 0.25) is 0 Å². The van der Waals surface area contributed by atoms with Gasteiger partial charge in [0.1, 0.15) is 0 Å². The Hall–Kier alpha value is -0.120. The van der Waals surface area contributed by atoms with Gasteiger partial charge in [-0.2, -0.15) is 0 Å². The van der Waals surface area contributed by atoms with Gasteiger partial charge in [-0.15, -0.1) is 0 Å². The van der Waals surface area contributed by atoms with Crippen molar-refractivity contribution < 1.29 is 4.74 Å². The fraction of sp³-hybridized carbons (Fsp3) is 1.00. The van der Waals surface area contributed by atoms with Gasteiger partial charge in [-0.05, 0) is 32.7 Å². The Morgan fingerprint density at radius 2 is 1.85 bits per heavy atom. The zero-order valence-corrected chi connectivity index (χ0v) is 13.7. The molecule has 1 heterocycles. The Morgan fingerprint density at radius 3 is 2.55 bits per heavy atom. The van der Waals surface area contributed by atoms with Gasteiger partial charge < -0.3 is 10.1 Å². The van der Waals surface area contributed by atoms with Crippen molar-refractivity contribution in [2.24, 2.45) is 0 Å². The summed E-state index contributed by atoms with van der Waals surface area (Å²) in [6.45, 7) is 9.91. The summed E-state index contributed by atoms with van der Waals surface area (Å²) in [6.07, 6.45) is 9.95. The molecule has 1 N–H and O–H groups in total. The normalized spacial score (nSPS) is 37.4. The van der Waals surface area contributed by atoms with Crippen molar-refractivity contribution in [3.63, 3.8) is 0 Å². The summed E-state index contributed by atoms with van der Waals surface area (Å²) in [5, 5.41) is 3.78. The number of nitrogens with one attached hydrogen (secondary N) is 1. The maximum atomic E-state index is 5.89. The molecule has 118 valence electrons. The van der Waals surface area contributed by atoms with E-state index in [-0.39, 0.29) is 0 Å². The molecule has 3 nitrogen and oxygen atoms in total. The van der Waals surface area contributed by atoms with E-state index in [9.17, 15) is 0 Å². The van der Waals surface area contributed by atoms with Crippen molar-refractivity contribution in [2.75, 3.05) is 19.7 Å². The number of morpholine rings is 1. The van der Waals surface area contributed by atoms with Crippen molar-refractivity contribution in [2.45, 2.75) is 89.9 Å². The summed E-state index contributed by atoms with van der Waals surface area (Å²) < 4.78 is 5.89. The van der Waals surface area contributed by atoms with Gasteiger partial charge in [0, 0.05) is 24.7 Å². The van der Waals surface area contributed by atoms with Crippen LogP contribution in [0.4, 0.5) is 0 Å². The Balaban J connectivity index is 2.09. The Morgan fingerprint density at radius 1 is 1.10 bits per heavy atom. The summed E-state index contributed by atoms with van der Waals surface area (Å²) in [5.41, 5.74) is 0. The van der Waals surface area contributed by atoms with Crippen molar-refractivity contribution in [1.29, 1.82) is 0 Å². The third kappa shape index (κ3) is 4.19. The largest absolute Gasteiger partial charge is 0.376 e. The summed E-state index contributed by atoms with van der Waals surface area (Å²) in [7, 11) is 0. The third-order valence-corrected chi connectivity index (χ3v) is 5.10.